The van der Waals surface area contributed by atoms with Crippen molar-refractivity contribution in [3.05, 3.63) is 0 Å². The summed E-state index contributed by atoms with van der Waals surface area (Å²) in [6.07, 6.45) is -0.0390. The minimum Gasteiger partial charge on any atom is -0.460 e. The average molecular weight is 494 g/mol. The molecule has 9 nitrogen and oxygen atoms in total. The maximum Gasteiger partial charge on any atom is 0.323 e. The van der Waals surface area contributed by atoms with Gasteiger partial charge in [0.2, 0.25) is 7.37 Å². The van der Waals surface area contributed by atoms with Crippen molar-refractivity contribution in [3.63, 3.8) is 0 Å². The van der Waals surface area contributed by atoms with Crippen molar-refractivity contribution in [2.24, 2.45) is 11.7 Å². The lowest BCUT2D eigenvalue weighted by Crippen LogP contribution is -2.38. The number of nitrogens with two attached hydrogens (primary N) is 1. The molecule has 0 saturated carbocycles. The lowest BCUT2D eigenvalue weighted by Gasteiger charge is -2.27. The maximum absolute atomic E-state index is 13.4. The highest BCUT2D eigenvalue weighted by Gasteiger charge is 2.35. The molecule has 0 saturated heterocycles. The summed E-state index contributed by atoms with van der Waals surface area (Å²) in [5.41, 5.74) is 3.81. The van der Waals surface area contributed by atoms with Crippen molar-refractivity contribution in [3.8, 4) is 0 Å². The highest BCUT2D eigenvalue weighted by Crippen LogP contribution is 2.49. The summed E-state index contributed by atoms with van der Waals surface area (Å²) in [6, 6.07) is -0.977. The van der Waals surface area contributed by atoms with E-state index in [1.165, 1.54) is 7.11 Å². The highest BCUT2D eigenvalue weighted by atomic mass is 31.2. The van der Waals surface area contributed by atoms with E-state index in [1.807, 2.05) is 0 Å². The second-order valence-corrected chi connectivity index (χ2v) is 14.0. The van der Waals surface area contributed by atoms with Gasteiger partial charge in [-0.15, -0.1) is 0 Å². The molecule has 0 aromatic rings. The Morgan fingerprint density at radius 1 is 0.788 bits per heavy atom. The standard InChI is InChI=1S/C23H44NO8P/c1-21(2,3)30-18(25)12-11-16(19(26)31-22(4,5)6)15-33(28,29-10)14-13-17(24)20(27)32-23(7,8)9/h16-17H,11-15,24H2,1-10H3/t16?,17-,33?/m0/s1. The summed E-state index contributed by atoms with van der Waals surface area (Å²) in [5, 5.41) is 0. The lowest BCUT2D eigenvalue weighted by molar-refractivity contribution is -0.161. The summed E-state index contributed by atoms with van der Waals surface area (Å²) in [7, 11) is -2.07. The zero-order valence-corrected chi connectivity index (χ0v) is 22.9. The number of esters is 3. The van der Waals surface area contributed by atoms with Crippen molar-refractivity contribution >= 4 is 25.3 Å². The molecule has 0 aromatic heterocycles. The summed E-state index contributed by atoms with van der Waals surface area (Å²) in [4.78, 5) is 37.1. The SMILES string of the molecule is COP(=O)(CC[C@H](N)C(=O)OC(C)(C)C)CC(CCC(=O)OC(C)(C)C)C(=O)OC(C)(C)C. The Hall–Kier alpha value is -1.44. The second kappa shape index (κ2) is 12.3. The minimum absolute atomic E-state index is 0.0182. The number of carbonyl (C=O) groups excluding carboxylic acids is 3. The number of carbonyl (C=O) groups is 3. The van der Waals surface area contributed by atoms with Gasteiger partial charge < -0.3 is 24.5 Å². The van der Waals surface area contributed by atoms with Crippen molar-refractivity contribution in [2.75, 3.05) is 19.4 Å². The van der Waals surface area contributed by atoms with Gasteiger partial charge in [-0.1, -0.05) is 0 Å². The van der Waals surface area contributed by atoms with Gasteiger partial charge in [0.05, 0.1) is 5.92 Å². The third kappa shape index (κ3) is 15.2. The largest absolute Gasteiger partial charge is 0.460 e. The molecule has 0 spiro atoms. The minimum atomic E-state index is -3.36. The summed E-state index contributed by atoms with van der Waals surface area (Å²) >= 11 is 0. The fourth-order valence-corrected chi connectivity index (χ4v) is 4.97. The van der Waals surface area contributed by atoms with Crippen LogP contribution < -0.4 is 5.73 Å². The van der Waals surface area contributed by atoms with Crippen LogP contribution in [0, 0.1) is 5.92 Å². The summed E-state index contributed by atoms with van der Waals surface area (Å²) < 4.78 is 34.7. The van der Waals surface area contributed by atoms with Gasteiger partial charge in [-0.3, -0.25) is 18.9 Å². The molecule has 2 unspecified atom stereocenters. The number of ether oxygens (including phenoxy) is 3. The van der Waals surface area contributed by atoms with Crippen LogP contribution in [-0.2, 0) is 37.7 Å². The zero-order chi connectivity index (χ0) is 26.3. The van der Waals surface area contributed by atoms with Gasteiger partial charge in [-0.05, 0) is 75.2 Å². The van der Waals surface area contributed by atoms with E-state index >= 15 is 0 Å². The lowest BCUT2D eigenvalue weighted by atomic mass is 10.0. The first-order valence-electron chi connectivity index (χ1n) is 11.2. The molecule has 0 aliphatic carbocycles. The van der Waals surface area contributed by atoms with E-state index in [-0.39, 0.29) is 31.6 Å². The van der Waals surface area contributed by atoms with Gasteiger partial charge in [-0.25, -0.2) is 0 Å². The van der Waals surface area contributed by atoms with Crippen LogP contribution in [0.1, 0.15) is 81.6 Å². The third-order valence-corrected chi connectivity index (χ3v) is 6.78. The third-order valence-electron chi connectivity index (χ3n) is 4.18. The highest BCUT2D eigenvalue weighted by molar-refractivity contribution is 7.59. The van der Waals surface area contributed by atoms with Crippen molar-refractivity contribution in [1.82, 2.24) is 0 Å². The van der Waals surface area contributed by atoms with E-state index in [1.54, 1.807) is 62.3 Å². The van der Waals surface area contributed by atoms with Crippen molar-refractivity contribution < 1.29 is 37.7 Å². The van der Waals surface area contributed by atoms with Crippen LogP contribution in [0.2, 0.25) is 0 Å². The summed E-state index contributed by atoms with van der Waals surface area (Å²) in [5.74, 6) is -2.48. The Kier molecular flexibility index (Phi) is 11.8. The van der Waals surface area contributed by atoms with E-state index in [9.17, 15) is 18.9 Å². The fraction of sp³-hybridized carbons (Fsp3) is 0.870. The number of hydrogen-bond donors (Lipinski definition) is 1. The van der Waals surface area contributed by atoms with E-state index in [4.69, 9.17) is 24.5 Å². The maximum atomic E-state index is 13.4. The van der Waals surface area contributed by atoms with Gasteiger partial charge in [0.25, 0.3) is 0 Å². The van der Waals surface area contributed by atoms with E-state index in [2.05, 4.69) is 0 Å². The molecular formula is C23H44NO8P. The van der Waals surface area contributed by atoms with Crippen LogP contribution in [0.25, 0.3) is 0 Å². The normalized spacial score (nSPS) is 16.3. The van der Waals surface area contributed by atoms with Gasteiger partial charge in [0, 0.05) is 25.9 Å². The average Bonchev–Trinajstić information content (AvgIpc) is 2.58. The van der Waals surface area contributed by atoms with Gasteiger partial charge in [-0.2, -0.15) is 0 Å². The van der Waals surface area contributed by atoms with Gasteiger partial charge >= 0.3 is 17.9 Å². The molecule has 0 aliphatic rings. The molecule has 194 valence electrons. The van der Waals surface area contributed by atoms with Crippen molar-refractivity contribution in [1.29, 1.82) is 0 Å². The number of rotatable bonds is 11. The quantitative estimate of drug-likeness (QED) is 0.257. The molecule has 0 radical (unpaired) electrons. The molecule has 33 heavy (non-hydrogen) atoms. The van der Waals surface area contributed by atoms with E-state index < -0.39 is 54.0 Å². The molecule has 0 aliphatic heterocycles. The van der Waals surface area contributed by atoms with Crippen molar-refractivity contribution in [2.45, 2.75) is 104 Å². The molecule has 0 bridgehead atoms. The van der Waals surface area contributed by atoms with E-state index in [0.717, 1.165) is 0 Å². The molecule has 2 N–H and O–H groups in total. The van der Waals surface area contributed by atoms with Crippen LogP contribution >= 0.6 is 7.37 Å². The summed E-state index contributed by atoms with van der Waals surface area (Å²) in [6.45, 7) is 15.6. The Bertz CT molecular complexity index is 715. The van der Waals surface area contributed by atoms with Crippen LogP contribution in [0.5, 0.6) is 0 Å². The molecular weight excluding hydrogens is 449 g/mol. The monoisotopic (exact) mass is 493 g/mol. The predicted molar refractivity (Wildman–Crippen MR) is 127 cm³/mol. The molecule has 0 fully saturated rings. The van der Waals surface area contributed by atoms with Crippen LogP contribution in [0.15, 0.2) is 0 Å². The zero-order valence-electron chi connectivity index (χ0n) is 22.0. The topological polar surface area (TPSA) is 131 Å². The first kappa shape index (κ1) is 31.6. The molecule has 0 heterocycles. The molecule has 0 amide bonds. The Labute approximate surface area is 198 Å². The Morgan fingerprint density at radius 2 is 1.24 bits per heavy atom. The van der Waals surface area contributed by atoms with Crippen LogP contribution in [0.4, 0.5) is 0 Å². The molecule has 10 heteroatoms. The predicted octanol–water partition coefficient (Wildman–Crippen LogP) is 4.05. The molecule has 3 atom stereocenters. The van der Waals surface area contributed by atoms with E-state index in [0.29, 0.717) is 0 Å². The first-order chi connectivity index (χ1) is 14.7. The molecule has 0 aromatic carbocycles. The first-order valence-corrected chi connectivity index (χ1v) is 13.2. The smallest absolute Gasteiger partial charge is 0.323 e. The van der Waals surface area contributed by atoms with Crippen LogP contribution in [-0.4, -0.2) is 60.2 Å². The van der Waals surface area contributed by atoms with Gasteiger partial charge in [0.15, 0.2) is 0 Å². The Balaban J connectivity index is 5.35. The Morgan fingerprint density at radius 3 is 1.67 bits per heavy atom. The number of hydrogen-bond acceptors (Lipinski definition) is 9. The second-order valence-electron chi connectivity index (χ2n) is 11.2. The van der Waals surface area contributed by atoms with Gasteiger partial charge in [0.1, 0.15) is 22.8 Å². The molecule has 0 rings (SSSR count). The van der Waals surface area contributed by atoms with Crippen LogP contribution in [0.3, 0.4) is 0 Å². The fourth-order valence-electron chi connectivity index (χ4n) is 2.78.